The molecule has 0 radical (unpaired) electrons. The standard InChI is InChI=1S/C17H29N3S/c1-2-9-18-11-17-19-15(13-21-17)12-20-10-5-7-14-6-3-4-8-16(14)20/h13-14,16,18H,2-12H2,1H3. The molecule has 2 heterocycles. The van der Waals surface area contributed by atoms with Gasteiger partial charge in [0, 0.05) is 24.5 Å². The molecule has 2 atom stereocenters. The quantitative estimate of drug-likeness (QED) is 0.810. The molecule has 2 aliphatic rings. The van der Waals surface area contributed by atoms with Crippen LogP contribution in [0.15, 0.2) is 5.38 Å². The van der Waals surface area contributed by atoms with Crippen LogP contribution in [0.3, 0.4) is 0 Å². The Kier molecular flexibility index (Phi) is 5.67. The molecule has 4 heteroatoms. The molecule has 0 bridgehead atoms. The van der Waals surface area contributed by atoms with E-state index in [1.807, 2.05) is 11.3 Å². The summed E-state index contributed by atoms with van der Waals surface area (Å²) in [6, 6.07) is 0.843. The molecule has 0 spiro atoms. The van der Waals surface area contributed by atoms with Crippen LogP contribution in [0, 0.1) is 5.92 Å². The van der Waals surface area contributed by atoms with Gasteiger partial charge in [-0.3, -0.25) is 4.90 Å². The molecule has 3 nitrogen and oxygen atoms in total. The van der Waals surface area contributed by atoms with Gasteiger partial charge in [-0.2, -0.15) is 0 Å². The molecule has 1 aliphatic carbocycles. The highest BCUT2D eigenvalue weighted by molar-refractivity contribution is 7.09. The third-order valence-corrected chi connectivity index (χ3v) is 5.92. The van der Waals surface area contributed by atoms with Crippen molar-refractivity contribution < 1.29 is 0 Å². The van der Waals surface area contributed by atoms with Crippen molar-refractivity contribution >= 4 is 11.3 Å². The topological polar surface area (TPSA) is 28.2 Å². The summed E-state index contributed by atoms with van der Waals surface area (Å²) in [4.78, 5) is 7.56. The SMILES string of the molecule is CCCNCc1nc(CN2CCCC3CCCCC32)cs1. The zero-order chi connectivity index (χ0) is 14.5. The smallest absolute Gasteiger partial charge is 0.107 e. The van der Waals surface area contributed by atoms with Gasteiger partial charge in [0.2, 0.25) is 0 Å². The first kappa shape index (κ1) is 15.4. The lowest BCUT2D eigenvalue weighted by Gasteiger charge is -2.44. The molecule has 118 valence electrons. The van der Waals surface area contributed by atoms with E-state index in [2.05, 4.69) is 22.5 Å². The van der Waals surface area contributed by atoms with Crippen molar-refractivity contribution in [1.29, 1.82) is 0 Å². The zero-order valence-electron chi connectivity index (χ0n) is 13.3. The monoisotopic (exact) mass is 307 g/mol. The van der Waals surface area contributed by atoms with Crippen molar-refractivity contribution in [3.63, 3.8) is 0 Å². The van der Waals surface area contributed by atoms with Crippen LogP contribution < -0.4 is 5.32 Å². The molecule has 1 saturated heterocycles. The van der Waals surface area contributed by atoms with Crippen molar-refractivity contribution in [2.75, 3.05) is 13.1 Å². The van der Waals surface area contributed by atoms with Crippen LogP contribution in [-0.4, -0.2) is 29.0 Å². The largest absolute Gasteiger partial charge is 0.310 e. The number of nitrogens with one attached hydrogen (secondary N) is 1. The molecule has 0 aromatic carbocycles. The Morgan fingerprint density at radius 1 is 1.29 bits per heavy atom. The number of rotatable bonds is 6. The highest BCUT2D eigenvalue weighted by Gasteiger charge is 2.33. The average Bonchev–Trinajstić information content (AvgIpc) is 2.96. The zero-order valence-corrected chi connectivity index (χ0v) is 14.1. The fourth-order valence-corrected chi connectivity index (χ4v) is 4.76. The lowest BCUT2D eigenvalue weighted by Crippen LogP contribution is -2.46. The predicted octanol–water partition coefficient (Wildman–Crippen LogP) is 3.80. The second kappa shape index (κ2) is 7.70. The van der Waals surface area contributed by atoms with Crippen molar-refractivity contribution in [3.8, 4) is 0 Å². The van der Waals surface area contributed by atoms with E-state index < -0.39 is 0 Å². The summed E-state index contributed by atoms with van der Waals surface area (Å²) in [5, 5.41) is 6.97. The lowest BCUT2D eigenvalue weighted by molar-refractivity contribution is 0.0538. The molecule has 2 unspecified atom stereocenters. The summed E-state index contributed by atoms with van der Waals surface area (Å²) in [6.07, 6.45) is 9.81. The first-order valence-corrected chi connectivity index (χ1v) is 9.63. The summed E-state index contributed by atoms with van der Waals surface area (Å²) in [5.74, 6) is 0.969. The Bertz CT molecular complexity index is 429. The van der Waals surface area contributed by atoms with E-state index >= 15 is 0 Å². The van der Waals surface area contributed by atoms with Crippen LogP contribution in [0.5, 0.6) is 0 Å². The fraction of sp³-hybridized carbons (Fsp3) is 0.824. The van der Waals surface area contributed by atoms with Gasteiger partial charge in [-0.1, -0.05) is 19.8 Å². The number of likely N-dealkylation sites (tertiary alicyclic amines) is 1. The van der Waals surface area contributed by atoms with E-state index in [4.69, 9.17) is 4.98 Å². The van der Waals surface area contributed by atoms with Gasteiger partial charge in [0.25, 0.3) is 0 Å². The number of fused-ring (bicyclic) bond motifs is 1. The van der Waals surface area contributed by atoms with Crippen molar-refractivity contribution in [2.45, 2.75) is 71.0 Å². The number of piperidine rings is 1. The second-order valence-electron chi connectivity index (χ2n) is 6.63. The third kappa shape index (κ3) is 4.05. The first-order chi connectivity index (χ1) is 10.4. The molecule has 1 N–H and O–H groups in total. The van der Waals surface area contributed by atoms with Gasteiger partial charge in [-0.15, -0.1) is 11.3 Å². The molecule has 1 aromatic heterocycles. The first-order valence-electron chi connectivity index (χ1n) is 8.75. The van der Waals surface area contributed by atoms with E-state index in [1.54, 1.807) is 0 Å². The Labute approximate surface area is 133 Å². The van der Waals surface area contributed by atoms with Gasteiger partial charge in [0.15, 0.2) is 0 Å². The van der Waals surface area contributed by atoms with Crippen LogP contribution in [0.2, 0.25) is 0 Å². The number of hydrogen-bond donors (Lipinski definition) is 1. The number of hydrogen-bond acceptors (Lipinski definition) is 4. The van der Waals surface area contributed by atoms with E-state index in [0.717, 1.165) is 31.6 Å². The molecule has 0 amide bonds. The van der Waals surface area contributed by atoms with Crippen LogP contribution in [0.4, 0.5) is 0 Å². The van der Waals surface area contributed by atoms with E-state index in [9.17, 15) is 0 Å². The van der Waals surface area contributed by atoms with Crippen LogP contribution >= 0.6 is 11.3 Å². The van der Waals surface area contributed by atoms with Crippen LogP contribution in [0.1, 0.15) is 62.6 Å². The summed E-state index contributed by atoms with van der Waals surface area (Å²) in [6.45, 7) is 6.58. The Hall–Kier alpha value is -0.450. The number of thiazole rings is 1. The molecular weight excluding hydrogens is 278 g/mol. The Morgan fingerprint density at radius 2 is 2.14 bits per heavy atom. The van der Waals surface area contributed by atoms with Gasteiger partial charge in [-0.25, -0.2) is 4.98 Å². The Morgan fingerprint density at radius 3 is 3.05 bits per heavy atom. The fourth-order valence-electron chi connectivity index (χ4n) is 4.01. The van der Waals surface area contributed by atoms with Crippen LogP contribution in [0.25, 0.3) is 0 Å². The summed E-state index contributed by atoms with van der Waals surface area (Å²) < 4.78 is 0. The van der Waals surface area contributed by atoms with Crippen molar-refractivity contribution in [2.24, 2.45) is 5.92 Å². The molecule has 21 heavy (non-hydrogen) atoms. The average molecular weight is 308 g/mol. The van der Waals surface area contributed by atoms with E-state index in [0.29, 0.717) is 0 Å². The molecule has 3 rings (SSSR count). The number of nitrogens with zero attached hydrogens (tertiary/aromatic N) is 2. The van der Waals surface area contributed by atoms with Gasteiger partial charge in [0.1, 0.15) is 5.01 Å². The third-order valence-electron chi connectivity index (χ3n) is 5.03. The molecular formula is C17H29N3S. The van der Waals surface area contributed by atoms with E-state index in [-0.39, 0.29) is 0 Å². The highest BCUT2D eigenvalue weighted by Crippen LogP contribution is 2.35. The summed E-state index contributed by atoms with van der Waals surface area (Å²) in [5.41, 5.74) is 1.29. The normalized spacial score (nSPS) is 26.7. The van der Waals surface area contributed by atoms with Crippen LogP contribution in [-0.2, 0) is 13.1 Å². The van der Waals surface area contributed by atoms with Gasteiger partial charge < -0.3 is 5.32 Å². The molecule has 1 aliphatic heterocycles. The minimum atomic E-state index is 0.843. The molecule has 1 aromatic rings. The van der Waals surface area contributed by atoms with Gasteiger partial charge >= 0.3 is 0 Å². The van der Waals surface area contributed by atoms with Gasteiger partial charge in [0.05, 0.1) is 5.69 Å². The maximum absolute atomic E-state index is 4.83. The number of aromatic nitrogens is 1. The Balaban J connectivity index is 1.55. The lowest BCUT2D eigenvalue weighted by atomic mass is 9.78. The maximum atomic E-state index is 4.83. The molecule has 2 fully saturated rings. The van der Waals surface area contributed by atoms with Gasteiger partial charge in [-0.05, 0) is 51.1 Å². The van der Waals surface area contributed by atoms with E-state index in [1.165, 1.54) is 62.2 Å². The summed E-state index contributed by atoms with van der Waals surface area (Å²) in [7, 11) is 0. The van der Waals surface area contributed by atoms with Crippen molar-refractivity contribution in [1.82, 2.24) is 15.2 Å². The summed E-state index contributed by atoms with van der Waals surface area (Å²) >= 11 is 1.82. The predicted molar refractivity (Wildman–Crippen MR) is 89.5 cm³/mol. The maximum Gasteiger partial charge on any atom is 0.107 e. The highest BCUT2D eigenvalue weighted by atomic mass is 32.1. The van der Waals surface area contributed by atoms with Crippen molar-refractivity contribution in [3.05, 3.63) is 16.1 Å². The second-order valence-corrected chi connectivity index (χ2v) is 7.58. The minimum absolute atomic E-state index is 0.843. The molecule has 1 saturated carbocycles. The minimum Gasteiger partial charge on any atom is -0.310 e.